The molecule has 0 saturated carbocycles. The van der Waals surface area contributed by atoms with Crippen molar-refractivity contribution in [3.63, 3.8) is 0 Å². The molecule has 0 bridgehead atoms. The van der Waals surface area contributed by atoms with Gasteiger partial charge in [0.2, 0.25) is 5.91 Å². The molecular formula is C11H22N4O3. The zero-order valence-electron chi connectivity index (χ0n) is 10.9. The first-order valence-electron chi connectivity index (χ1n) is 6.20. The molecule has 2 atom stereocenters. The SMILES string of the molecule is CCNC(=O)NC(=O)CN1CCOC(C(C)N)C1. The Morgan fingerprint density at radius 1 is 1.56 bits per heavy atom. The highest BCUT2D eigenvalue weighted by Crippen LogP contribution is 2.07. The molecule has 3 amide bonds. The second-order valence-electron chi connectivity index (χ2n) is 4.41. The van der Waals surface area contributed by atoms with Gasteiger partial charge in [-0.15, -0.1) is 0 Å². The lowest BCUT2D eigenvalue weighted by atomic mass is 10.1. The molecule has 0 aromatic heterocycles. The number of nitrogens with one attached hydrogen (secondary N) is 2. The van der Waals surface area contributed by atoms with Crippen LogP contribution >= 0.6 is 0 Å². The molecule has 7 heteroatoms. The number of nitrogens with zero attached hydrogens (tertiary/aromatic N) is 1. The van der Waals surface area contributed by atoms with E-state index in [1.165, 1.54) is 0 Å². The van der Waals surface area contributed by atoms with Crippen LogP contribution in [0.4, 0.5) is 4.79 Å². The van der Waals surface area contributed by atoms with Crippen molar-refractivity contribution in [2.75, 3.05) is 32.8 Å². The molecule has 0 spiro atoms. The number of rotatable bonds is 4. The average Bonchev–Trinajstić information content (AvgIpc) is 2.29. The van der Waals surface area contributed by atoms with Crippen molar-refractivity contribution in [3.05, 3.63) is 0 Å². The van der Waals surface area contributed by atoms with Crippen molar-refractivity contribution in [1.29, 1.82) is 0 Å². The number of imide groups is 1. The lowest BCUT2D eigenvalue weighted by Crippen LogP contribution is -2.52. The molecule has 1 saturated heterocycles. The van der Waals surface area contributed by atoms with Crippen molar-refractivity contribution in [2.45, 2.75) is 26.0 Å². The van der Waals surface area contributed by atoms with Crippen molar-refractivity contribution < 1.29 is 14.3 Å². The molecule has 2 unspecified atom stereocenters. The largest absolute Gasteiger partial charge is 0.374 e. The third-order valence-electron chi connectivity index (χ3n) is 2.72. The van der Waals surface area contributed by atoms with Crippen LogP contribution in [-0.4, -0.2) is 61.8 Å². The van der Waals surface area contributed by atoms with Crippen molar-refractivity contribution in [1.82, 2.24) is 15.5 Å². The Morgan fingerprint density at radius 3 is 2.89 bits per heavy atom. The highest BCUT2D eigenvalue weighted by atomic mass is 16.5. The highest BCUT2D eigenvalue weighted by Gasteiger charge is 2.24. The molecule has 1 rings (SSSR count). The monoisotopic (exact) mass is 258 g/mol. The third-order valence-corrected chi connectivity index (χ3v) is 2.72. The number of ether oxygens (including phenoxy) is 1. The lowest BCUT2D eigenvalue weighted by Gasteiger charge is -2.34. The van der Waals surface area contributed by atoms with Gasteiger partial charge in [-0.3, -0.25) is 15.0 Å². The molecule has 0 aromatic rings. The number of carbonyl (C=O) groups excluding carboxylic acids is 2. The standard InChI is InChI=1S/C11H22N4O3/c1-3-13-11(17)14-10(16)7-15-4-5-18-9(6-15)8(2)12/h8-9H,3-7,12H2,1-2H3,(H2,13,14,16,17). The van der Waals surface area contributed by atoms with Gasteiger partial charge in [0, 0.05) is 25.7 Å². The maximum Gasteiger partial charge on any atom is 0.321 e. The second kappa shape index (κ2) is 7.30. The molecule has 7 nitrogen and oxygen atoms in total. The Labute approximate surface area is 107 Å². The minimum absolute atomic E-state index is 0.0592. The number of nitrogens with two attached hydrogens (primary N) is 1. The number of hydrogen-bond acceptors (Lipinski definition) is 5. The summed E-state index contributed by atoms with van der Waals surface area (Å²) < 4.78 is 5.49. The highest BCUT2D eigenvalue weighted by molar-refractivity contribution is 5.95. The number of amides is 3. The summed E-state index contributed by atoms with van der Waals surface area (Å²) in [4.78, 5) is 24.7. The summed E-state index contributed by atoms with van der Waals surface area (Å²) in [6.45, 7) is 6.18. The summed E-state index contributed by atoms with van der Waals surface area (Å²) in [6, 6.07) is -0.529. The van der Waals surface area contributed by atoms with Gasteiger partial charge < -0.3 is 15.8 Å². The van der Waals surface area contributed by atoms with E-state index in [-0.39, 0.29) is 24.6 Å². The second-order valence-corrected chi connectivity index (χ2v) is 4.41. The molecule has 18 heavy (non-hydrogen) atoms. The molecule has 0 aromatic carbocycles. The van der Waals surface area contributed by atoms with Crippen molar-refractivity contribution in [2.24, 2.45) is 5.73 Å². The van der Waals surface area contributed by atoms with Crippen LogP contribution in [0.2, 0.25) is 0 Å². The summed E-state index contributed by atoms with van der Waals surface area (Å²) in [5.74, 6) is -0.314. The van der Waals surface area contributed by atoms with E-state index in [1.54, 1.807) is 6.92 Å². The fourth-order valence-electron chi connectivity index (χ4n) is 1.77. The molecule has 1 heterocycles. The van der Waals surface area contributed by atoms with E-state index >= 15 is 0 Å². The Morgan fingerprint density at radius 2 is 2.28 bits per heavy atom. The van der Waals surface area contributed by atoms with E-state index in [4.69, 9.17) is 10.5 Å². The normalized spacial score (nSPS) is 22.3. The predicted molar refractivity (Wildman–Crippen MR) is 67.0 cm³/mol. The van der Waals surface area contributed by atoms with Crippen LogP contribution in [0.3, 0.4) is 0 Å². The molecule has 0 aliphatic carbocycles. The molecule has 0 radical (unpaired) electrons. The van der Waals surface area contributed by atoms with E-state index < -0.39 is 6.03 Å². The predicted octanol–water partition coefficient (Wildman–Crippen LogP) is -1.12. The van der Waals surface area contributed by atoms with Crippen LogP contribution in [0.25, 0.3) is 0 Å². The zero-order chi connectivity index (χ0) is 13.5. The summed E-state index contributed by atoms with van der Waals surface area (Å²) >= 11 is 0. The molecular weight excluding hydrogens is 236 g/mol. The van der Waals surface area contributed by atoms with Gasteiger partial charge in [-0.1, -0.05) is 0 Å². The van der Waals surface area contributed by atoms with Gasteiger partial charge in [0.05, 0.1) is 19.3 Å². The van der Waals surface area contributed by atoms with E-state index in [2.05, 4.69) is 10.6 Å². The third kappa shape index (κ3) is 4.99. The number of urea groups is 1. The first-order chi connectivity index (χ1) is 8.52. The lowest BCUT2D eigenvalue weighted by molar-refractivity contribution is -0.123. The molecule has 1 aliphatic heterocycles. The van der Waals surface area contributed by atoms with Crippen molar-refractivity contribution in [3.8, 4) is 0 Å². The Bertz CT molecular complexity index is 296. The zero-order valence-corrected chi connectivity index (χ0v) is 10.9. The Hall–Kier alpha value is -1.18. The van der Waals surface area contributed by atoms with E-state index in [1.807, 2.05) is 11.8 Å². The number of morpholine rings is 1. The summed E-state index contributed by atoms with van der Waals surface area (Å²) in [5, 5.41) is 4.78. The van der Waals surface area contributed by atoms with Gasteiger partial charge in [0.15, 0.2) is 0 Å². The topological polar surface area (TPSA) is 96.7 Å². The first-order valence-corrected chi connectivity index (χ1v) is 6.20. The van der Waals surface area contributed by atoms with Gasteiger partial charge in [-0.25, -0.2) is 4.79 Å². The van der Waals surface area contributed by atoms with Crippen LogP contribution in [-0.2, 0) is 9.53 Å². The Balaban J connectivity index is 2.33. The van der Waals surface area contributed by atoms with Crippen LogP contribution < -0.4 is 16.4 Å². The van der Waals surface area contributed by atoms with Crippen LogP contribution in [0.15, 0.2) is 0 Å². The summed E-state index contributed by atoms with van der Waals surface area (Å²) in [6.07, 6.45) is -0.0592. The van der Waals surface area contributed by atoms with Gasteiger partial charge in [0.25, 0.3) is 0 Å². The molecule has 1 fully saturated rings. The number of hydrogen-bond donors (Lipinski definition) is 3. The van der Waals surface area contributed by atoms with E-state index in [9.17, 15) is 9.59 Å². The summed E-state index contributed by atoms with van der Waals surface area (Å²) in [5.41, 5.74) is 5.76. The van der Waals surface area contributed by atoms with Crippen molar-refractivity contribution >= 4 is 11.9 Å². The minimum atomic E-state index is -0.459. The van der Waals surface area contributed by atoms with Gasteiger partial charge in [0.1, 0.15) is 0 Å². The fraction of sp³-hybridized carbons (Fsp3) is 0.818. The van der Waals surface area contributed by atoms with Crippen LogP contribution in [0.1, 0.15) is 13.8 Å². The summed E-state index contributed by atoms with van der Waals surface area (Å²) in [7, 11) is 0. The van der Waals surface area contributed by atoms with Gasteiger partial charge in [-0.2, -0.15) is 0 Å². The maximum atomic E-state index is 11.6. The van der Waals surface area contributed by atoms with E-state index in [0.29, 0.717) is 26.2 Å². The van der Waals surface area contributed by atoms with Gasteiger partial charge >= 0.3 is 6.03 Å². The average molecular weight is 258 g/mol. The minimum Gasteiger partial charge on any atom is -0.374 e. The van der Waals surface area contributed by atoms with E-state index in [0.717, 1.165) is 0 Å². The van der Waals surface area contributed by atoms with Crippen LogP contribution in [0.5, 0.6) is 0 Å². The van der Waals surface area contributed by atoms with Gasteiger partial charge in [-0.05, 0) is 13.8 Å². The number of carbonyl (C=O) groups is 2. The molecule has 1 aliphatic rings. The molecule has 104 valence electrons. The maximum absolute atomic E-state index is 11.6. The van der Waals surface area contributed by atoms with Crippen LogP contribution in [0, 0.1) is 0 Å². The quantitative estimate of drug-likeness (QED) is 0.593. The smallest absolute Gasteiger partial charge is 0.321 e. The fourth-order valence-corrected chi connectivity index (χ4v) is 1.77. The first kappa shape index (κ1) is 14.9. The molecule has 4 N–H and O–H groups in total. The Kier molecular flexibility index (Phi) is 6.03.